The molecular formula is C10H16N6O2. The van der Waals surface area contributed by atoms with Crippen LogP contribution >= 0.6 is 0 Å². The Bertz CT molecular complexity index is 443. The Morgan fingerprint density at radius 3 is 2.89 bits per heavy atom. The average molecular weight is 252 g/mol. The van der Waals surface area contributed by atoms with Crippen molar-refractivity contribution in [2.24, 2.45) is 5.11 Å². The fourth-order valence-electron chi connectivity index (χ4n) is 1.71. The minimum atomic E-state index is -0.609. The van der Waals surface area contributed by atoms with Gasteiger partial charge < -0.3 is 10.1 Å². The molecule has 2 N–H and O–H groups in total. The Labute approximate surface area is 104 Å². The number of hydrogen-bond donors (Lipinski definition) is 2. The fourth-order valence-corrected chi connectivity index (χ4v) is 1.71. The van der Waals surface area contributed by atoms with Gasteiger partial charge in [0.25, 0.3) is 0 Å². The van der Waals surface area contributed by atoms with Gasteiger partial charge in [-0.15, -0.1) is 0 Å². The lowest BCUT2D eigenvalue weighted by molar-refractivity contribution is -0.143. The molecule has 1 unspecified atom stereocenters. The number of rotatable bonds is 6. The molecule has 0 aliphatic heterocycles. The largest absolute Gasteiger partial charge is 0.468 e. The molecule has 1 heterocycles. The summed E-state index contributed by atoms with van der Waals surface area (Å²) in [4.78, 5) is 14.4. The van der Waals surface area contributed by atoms with Crippen LogP contribution in [0.3, 0.4) is 0 Å². The molecule has 0 radical (unpaired) electrons. The summed E-state index contributed by atoms with van der Waals surface area (Å²) < 4.78 is 4.76. The third-order valence-electron chi connectivity index (χ3n) is 2.53. The van der Waals surface area contributed by atoms with E-state index >= 15 is 0 Å². The highest BCUT2D eigenvalue weighted by atomic mass is 16.5. The molecule has 8 nitrogen and oxygen atoms in total. The van der Waals surface area contributed by atoms with Crippen molar-refractivity contribution in [3.63, 3.8) is 0 Å². The van der Waals surface area contributed by atoms with Crippen molar-refractivity contribution in [3.8, 4) is 0 Å². The first-order valence-corrected chi connectivity index (χ1v) is 5.45. The van der Waals surface area contributed by atoms with Crippen molar-refractivity contribution < 1.29 is 9.53 Å². The molecule has 1 atom stereocenters. The Hall–Kier alpha value is -2.05. The van der Waals surface area contributed by atoms with Gasteiger partial charge in [0.2, 0.25) is 0 Å². The second-order valence-corrected chi connectivity index (χ2v) is 3.71. The lowest BCUT2D eigenvalue weighted by Gasteiger charge is -2.16. The summed E-state index contributed by atoms with van der Waals surface area (Å²) >= 11 is 0. The van der Waals surface area contributed by atoms with Gasteiger partial charge in [0.05, 0.1) is 12.8 Å². The third kappa shape index (κ3) is 3.22. The number of azide groups is 1. The first-order valence-electron chi connectivity index (χ1n) is 5.45. The molecule has 1 rings (SSSR count). The van der Waals surface area contributed by atoms with Gasteiger partial charge in [0.15, 0.2) is 0 Å². The van der Waals surface area contributed by atoms with E-state index in [2.05, 4.69) is 25.5 Å². The van der Waals surface area contributed by atoms with E-state index in [1.54, 1.807) is 0 Å². The van der Waals surface area contributed by atoms with Crippen LogP contribution in [0.2, 0.25) is 0 Å². The summed E-state index contributed by atoms with van der Waals surface area (Å²) in [5.41, 5.74) is 10.5. The molecule has 0 aliphatic carbocycles. The lowest BCUT2D eigenvalue weighted by Crippen LogP contribution is -2.32. The highest BCUT2D eigenvalue weighted by Crippen LogP contribution is 2.20. The van der Waals surface area contributed by atoms with Gasteiger partial charge >= 0.3 is 5.97 Å². The van der Waals surface area contributed by atoms with E-state index in [1.165, 1.54) is 7.11 Å². The van der Waals surface area contributed by atoms with Crippen molar-refractivity contribution in [1.29, 1.82) is 0 Å². The van der Waals surface area contributed by atoms with Crippen molar-refractivity contribution in [2.45, 2.75) is 19.9 Å². The predicted octanol–water partition coefficient (Wildman–Crippen LogP) is 1.14. The molecule has 0 bridgehead atoms. The molecule has 98 valence electrons. The Morgan fingerprint density at radius 1 is 1.67 bits per heavy atom. The molecule has 0 fully saturated rings. The molecule has 8 heteroatoms. The number of hydrogen-bond acceptors (Lipinski definition) is 5. The standard InChI is InChI=1S/C10H16N6O2/c1-6-8(7(2)15-14-6)9(10(17)18-3)12-4-5-13-16-11/h9,12H,4-5H2,1-3H3,(H,14,15). The number of carbonyl (C=O) groups excluding carboxylic acids is 1. The van der Waals surface area contributed by atoms with Gasteiger partial charge in [-0.25, -0.2) is 4.79 Å². The quantitative estimate of drug-likeness (QED) is 0.259. The van der Waals surface area contributed by atoms with Crippen LogP contribution in [0.1, 0.15) is 23.0 Å². The number of aryl methyl sites for hydroxylation is 2. The highest BCUT2D eigenvalue weighted by molar-refractivity contribution is 5.78. The third-order valence-corrected chi connectivity index (χ3v) is 2.53. The van der Waals surface area contributed by atoms with Crippen LogP contribution in [-0.2, 0) is 9.53 Å². The van der Waals surface area contributed by atoms with E-state index in [-0.39, 0.29) is 6.54 Å². The average Bonchev–Trinajstić information content (AvgIpc) is 2.69. The number of nitrogens with one attached hydrogen (secondary N) is 2. The number of H-pyrrole nitrogens is 1. The molecule has 0 aromatic carbocycles. The molecule has 0 spiro atoms. The smallest absolute Gasteiger partial charge is 0.327 e. The monoisotopic (exact) mass is 252 g/mol. The summed E-state index contributed by atoms with van der Waals surface area (Å²) in [6, 6.07) is -0.609. The van der Waals surface area contributed by atoms with E-state index in [0.29, 0.717) is 6.54 Å². The zero-order chi connectivity index (χ0) is 13.5. The Morgan fingerprint density at radius 2 is 2.39 bits per heavy atom. The highest BCUT2D eigenvalue weighted by Gasteiger charge is 2.25. The molecule has 0 saturated heterocycles. The van der Waals surface area contributed by atoms with Crippen molar-refractivity contribution in [2.75, 3.05) is 20.2 Å². The number of nitrogens with zero attached hydrogens (tertiary/aromatic N) is 4. The van der Waals surface area contributed by atoms with Gasteiger partial charge in [0, 0.05) is 29.3 Å². The molecule has 0 aliphatic rings. The Balaban J connectivity index is 2.85. The molecule has 0 saturated carbocycles. The van der Waals surface area contributed by atoms with Gasteiger partial charge in [-0.05, 0) is 19.4 Å². The number of aromatic nitrogens is 2. The summed E-state index contributed by atoms with van der Waals surface area (Å²) in [5, 5.41) is 13.2. The zero-order valence-corrected chi connectivity index (χ0v) is 10.6. The van der Waals surface area contributed by atoms with Crippen LogP contribution in [0.25, 0.3) is 10.4 Å². The minimum absolute atomic E-state index is 0.264. The maximum Gasteiger partial charge on any atom is 0.327 e. The predicted molar refractivity (Wildman–Crippen MR) is 64.8 cm³/mol. The summed E-state index contributed by atoms with van der Waals surface area (Å²) in [6.45, 7) is 4.29. The lowest BCUT2D eigenvalue weighted by atomic mass is 10.1. The summed E-state index contributed by atoms with van der Waals surface area (Å²) in [6.07, 6.45) is 0. The number of carbonyl (C=O) groups is 1. The molecule has 1 aromatic heterocycles. The van der Waals surface area contributed by atoms with Gasteiger partial charge in [-0.1, -0.05) is 5.11 Å². The van der Waals surface area contributed by atoms with Gasteiger partial charge in [-0.3, -0.25) is 5.10 Å². The number of esters is 1. The maximum atomic E-state index is 11.7. The molecular weight excluding hydrogens is 236 g/mol. The number of aromatic amines is 1. The normalized spacial score (nSPS) is 11.7. The zero-order valence-electron chi connectivity index (χ0n) is 10.6. The summed E-state index contributed by atoms with van der Waals surface area (Å²) in [7, 11) is 1.33. The van der Waals surface area contributed by atoms with Crippen LogP contribution < -0.4 is 5.32 Å². The van der Waals surface area contributed by atoms with Crippen LogP contribution in [0.15, 0.2) is 5.11 Å². The van der Waals surface area contributed by atoms with Crippen LogP contribution in [0, 0.1) is 13.8 Å². The van der Waals surface area contributed by atoms with E-state index in [4.69, 9.17) is 10.3 Å². The SMILES string of the molecule is COC(=O)C(NCCN=[N+]=[N-])c1c(C)n[nH]c1C. The van der Waals surface area contributed by atoms with E-state index in [1.807, 2.05) is 13.8 Å². The maximum absolute atomic E-state index is 11.7. The van der Waals surface area contributed by atoms with Gasteiger partial charge in [0.1, 0.15) is 6.04 Å². The molecule has 18 heavy (non-hydrogen) atoms. The van der Waals surface area contributed by atoms with Crippen molar-refractivity contribution in [3.05, 3.63) is 27.4 Å². The minimum Gasteiger partial charge on any atom is -0.468 e. The van der Waals surface area contributed by atoms with Gasteiger partial charge in [-0.2, -0.15) is 5.10 Å². The van der Waals surface area contributed by atoms with Crippen molar-refractivity contribution >= 4 is 5.97 Å². The van der Waals surface area contributed by atoms with Crippen LogP contribution in [0.4, 0.5) is 0 Å². The second kappa shape index (κ2) is 6.63. The fraction of sp³-hybridized carbons (Fsp3) is 0.600. The van der Waals surface area contributed by atoms with Crippen molar-refractivity contribution in [1.82, 2.24) is 15.5 Å². The first kappa shape index (κ1) is 14.0. The number of ether oxygens (including phenoxy) is 1. The topological polar surface area (TPSA) is 116 Å². The second-order valence-electron chi connectivity index (χ2n) is 3.71. The van der Waals surface area contributed by atoms with E-state index in [9.17, 15) is 4.79 Å². The number of methoxy groups -OCH3 is 1. The summed E-state index contributed by atoms with van der Waals surface area (Å²) in [5.74, 6) is -0.400. The van der Waals surface area contributed by atoms with Crippen LogP contribution in [-0.4, -0.2) is 36.4 Å². The first-order chi connectivity index (χ1) is 8.61. The van der Waals surface area contributed by atoms with Crippen LogP contribution in [0.5, 0.6) is 0 Å². The molecule has 1 aromatic rings. The molecule has 0 amide bonds. The Kier molecular flexibility index (Phi) is 5.16. The van der Waals surface area contributed by atoms with E-state index in [0.717, 1.165) is 17.0 Å². The van der Waals surface area contributed by atoms with E-state index < -0.39 is 12.0 Å².